The van der Waals surface area contributed by atoms with Crippen LogP contribution in [0, 0.1) is 19.8 Å². The number of aryl methyl sites for hydroxylation is 2. The highest BCUT2D eigenvalue weighted by Gasteiger charge is 2.23. The summed E-state index contributed by atoms with van der Waals surface area (Å²) in [7, 11) is 0. The molecule has 0 aliphatic carbocycles. The first-order valence-electron chi connectivity index (χ1n) is 8.65. The van der Waals surface area contributed by atoms with E-state index in [9.17, 15) is 9.59 Å². The lowest BCUT2D eigenvalue weighted by molar-refractivity contribution is -0.137. The maximum absolute atomic E-state index is 12.4. The highest BCUT2D eigenvalue weighted by molar-refractivity contribution is 7.99. The van der Waals surface area contributed by atoms with Crippen LogP contribution in [-0.4, -0.2) is 40.7 Å². The molecule has 132 valence electrons. The summed E-state index contributed by atoms with van der Waals surface area (Å²) in [5, 5.41) is 8.80. The second-order valence-electron chi connectivity index (χ2n) is 6.62. The lowest BCUT2D eigenvalue weighted by Crippen LogP contribution is -2.40. The van der Waals surface area contributed by atoms with Gasteiger partial charge in [-0.1, -0.05) is 6.07 Å². The monoisotopic (exact) mass is 349 g/mol. The van der Waals surface area contributed by atoms with Crippen LogP contribution >= 0.6 is 11.8 Å². The van der Waals surface area contributed by atoms with Crippen LogP contribution in [0.3, 0.4) is 0 Å². The van der Waals surface area contributed by atoms with Crippen molar-refractivity contribution in [1.29, 1.82) is 0 Å². The van der Waals surface area contributed by atoms with E-state index in [0.717, 1.165) is 31.7 Å². The van der Waals surface area contributed by atoms with Crippen molar-refractivity contribution in [2.75, 3.05) is 18.8 Å². The predicted molar refractivity (Wildman–Crippen MR) is 97.4 cm³/mol. The van der Waals surface area contributed by atoms with Crippen LogP contribution in [0.5, 0.6) is 0 Å². The molecule has 1 aromatic carbocycles. The Morgan fingerprint density at radius 2 is 2.04 bits per heavy atom. The van der Waals surface area contributed by atoms with E-state index in [1.54, 1.807) is 11.8 Å². The molecular formula is C19H27NO3S. The van der Waals surface area contributed by atoms with Crippen molar-refractivity contribution in [2.45, 2.75) is 50.8 Å². The molecule has 1 saturated heterocycles. The summed E-state index contributed by atoms with van der Waals surface area (Å²) in [4.78, 5) is 26.2. The molecule has 1 heterocycles. The summed E-state index contributed by atoms with van der Waals surface area (Å²) in [5.41, 5.74) is 2.57. The fourth-order valence-corrected chi connectivity index (χ4v) is 4.01. The number of carboxylic acids is 1. The molecule has 0 saturated carbocycles. The summed E-state index contributed by atoms with van der Waals surface area (Å²) in [6.45, 7) is 5.75. The van der Waals surface area contributed by atoms with Gasteiger partial charge in [0, 0.05) is 36.6 Å². The van der Waals surface area contributed by atoms with Crippen LogP contribution in [0.4, 0.5) is 0 Å². The van der Waals surface area contributed by atoms with Gasteiger partial charge in [-0.2, -0.15) is 0 Å². The SMILES string of the molecule is Cc1ccc(SCCC(=O)N2CCCC(CCC(=O)O)C2)cc1C. The Kier molecular flexibility index (Phi) is 7.16. The molecule has 1 amide bonds. The Morgan fingerprint density at radius 3 is 2.75 bits per heavy atom. The predicted octanol–water partition coefficient (Wildman–Crippen LogP) is 3.89. The van der Waals surface area contributed by atoms with Gasteiger partial charge in [-0.25, -0.2) is 0 Å². The Bertz CT molecular complexity index is 588. The van der Waals surface area contributed by atoms with Crippen molar-refractivity contribution in [1.82, 2.24) is 4.90 Å². The number of carbonyl (C=O) groups is 2. The van der Waals surface area contributed by atoms with E-state index in [-0.39, 0.29) is 12.3 Å². The summed E-state index contributed by atoms with van der Waals surface area (Å²) in [5.74, 6) is 0.582. The molecule has 0 bridgehead atoms. The van der Waals surface area contributed by atoms with Crippen LogP contribution in [0.25, 0.3) is 0 Å². The fourth-order valence-electron chi connectivity index (χ4n) is 3.07. The first-order valence-corrected chi connectivity index (χ1v) is 9.64. The summed E-state index contributed by atoms with van der Waals surface area (Å²) in [6, 6.07) is 6.41. The minimum Gasteiger partial charge on any atom is -0.481 e. The van der Waals surface area contributed by atoms with Crippen molar-refractivity contribution in [2.24, 2.45) is 5.92 Å². The summed E-state index contributed by atoms with van der Waals surface area (Å²) < 4.78 is 0. The number of hydrogen-bond acceptors (Lipinski definition) is 3. The third kappa shape index (κ3) is 5.86. The van der Waals surface area contributed by atoms with Crippen LogP contribution in [0.1, 0.15) is 43.2 Å². The van der Waals surface area contributed by atoms with Gasteiger partial charge in [0.15, 0.2) is 0 Å². The number of hydrogen-bond donors (Lipinski definition) is 1. The van der Waals surface area contributed by atoms with E-state index >= 15 is 0 Å². The Hall–Kier alpha value is -1.49. The standard InChI is InChI=1S/C19H27NO3S/c1-14-5-7-17(12-15(14)2)24-11-9-18(21)20-10-3-4-16(13-20)6-8-19(22)23/h5,7,12,16H,3-4,6,8-11,13H2,1-2H3,(H,22,23). The van der Waals surface area contributed by atoms with E-state index in [1.807, 2.05) is 4.90 Å². The van der Waals surface area contributed by atoms with Crippen LogP contribution in [0.15, 0.2) is 23.1 Å². The zero-order valence-electron chi connectivity index (χ0n) is 14.6. The van der Waals surface area contributed by atoms with Crippen molar-refractivity contribution < 1.29 is 14.7 Å². The second kappa shape index (κ2) is 9.11. The van der Waals surface area contributed by atoms with Gasteiger partial charge < -0.3 is 10.0 Å². The molecule has 0 spiro atoms. The molecule has 1 N–H and O–H groups in total. The number of piperidine rings is 1. The third-order valence-electron chi connectivity index (χ3n) is 4.70. The number of likely N-dealkylation sites (tertiary alicyclic amines) is 1. The molecular weight excluding hydrogens is 322 g/mol. The van der Waals surface area contributed by atoms with Crippen molar-refractivity contribution in [3.63, 3.8) is 0 Å². The van der Waals surface area contributed by atoms with Gasteiger partial charge in [0.1, 0.15) is 0 Å². The zero-order chi connectivity index (χ0) is 17.5. The van der Waals surface area contributed by atoms with Gasteiger partial charge in [-0.05, 0) is 62.3 Å². The van der Waals surface area contributed by atoms with Crippen molar-refractivity contribution in [3.8, 4) is 0 Å². The van der Waals surface area contributed by atoms with Crippen LogP contribution < -0.4 is 0 Å². The third-order valence-corrected chi connectivity index (χ3v) is 5.70. The average molecular weight is 349 g/mol. The normalized spacial score (nSPS) is 17.8. The number of aliphatic carboxylic acids is 1. The molecule has 0 radical (unpaired) electrons. The van der Waals surface area contributed by atoms with E-state index in [4.69, 9.17) is 5.11 Å². The van der Waals surface area contributed by atoms with Gasteiger partial charge in [0.2, 0.25) is 5.91 Å². The molecule has 1 unspecified atom stereocenters. The van der Waals surface area contributed by atoms with Crippen molar-refractivity contribution in [3.05, 3.63) is 29.3 Å². The molecule has 1 fully saturated rings. The topological polar surface area (TPSA) is 57.6 Å². The summed E-state index contributed by atoms with van der Waals surface area (Å²) >= 11 is 1.73. The first-order chi connectivity index (χ1) is 11.5. The molecule has 24 heavy (non-hydrogen) atoms. The van der Waals surface area contributed by atoms with E-state index in [1.165, 1.54) is 16.0 Å². The van der Waals surface area contributed by atoms with Crippen molar-refractivity contribution >= 4 is 23.6 Å². The fraction of sp³-hybridized carbons (Fsp3) is 0.579. The number of carbonyl (C=O) groups excluding carboxylic acids is 1. The highest BCUT2D eigenvalue weighted by atomic mass is 32.2. The zero-order valence-corrected chi connectivity index (χ0v) is 15.4. The van der Waals surface area contributed by atoms with Gasteiger partial charge in [0.25, 0.3) is 0 Å². The number of amides is 1. The van der Waals surface area contributed by atoms with Gasteiger partial charge in [-0.3, -0.25) is 9.59 Å². The minimum atomic E-state index is -0.747. The number of carboxylic acid groups (broad SMARTS) is 1. The Labute approximate surface area is 148 Å². The number of benzene rings is 1. The van der Waals surface area contributed by atoms with Gasteiger partial charge in [-0.15, -0.1) is 11.8 Å². The maximum Gasteiger partial charge on any atom is 0.303 e. The molecule has 4 nitrogen and oxygen atoms in total. The number of rotatable bonds is 7. The lowest BCUT2D eigenvalue weighted by Gasteiger charge is -2.32. The number of nitrogens with zero attached hydrogens (tertiary/aromatic N) is 1. The molecule has 5 heteroatoms. The largest absolute Gasteiger partial charge is 0.481 e. The van der Waals surface area contributed by atoms with E-state index in [2.05, 4.69) is 32.0 Å². The van der Waals surface area contributed by atoms with Crippen LogP contribution in [-0.2, 0) is 9.59 Å². The molecule has 1 atom stereocenters. The molecule has 0 aromatic heterocycles. The van der Waals surface area contributed by atoms with E-state index in [0.29, 0.717) is 18.8 Å². The second-order valence-corrected chi connectivity index (χ2v) is 7.79. The highest BCUT2D eigenvalue weighted by Crippen LogP contribution is 2.24. The van der Waals surface area contributed by atoms with Gasteiger partial charge in [0.05, 0.1) is 0 Å². The first kappa shape index (κ1) is 18.8. The van der Waals surface area contributed by atoms with Gasteiger partial charge >= 0.3 is 5.97 Å². The van der Waals surface area contributed by atoms with E-state index < -0.39 is 5.97 Å². The molecule has 1 aliphatic rings. The average Bonchev–Trinajstić information content (AvgIpc) is 2.56. The minimum absolute atomic E-state index is 0.200. The Morgan fingerprint density at radius 1 is 1.25 bits per heavy atom. The molecule has 2 rings (SSSR count). The smallest absolute Gasteiger partial charge is 0.303 e. The quantitative estimate of drug-likeness (QED) is 0.759. The van der Waals surface area contributed by atoms with Crippen LogP contribution in [0.2, 0.25) is 0 Å². The number of thioether (sulfide) groups is 1. The maximum atomic E-state index is 12.4. The molecule has 1 aromatic rings. The summed E-state index contributed by atoms with van der Waals surface area (Å²) in [6.07, 6.45) is 3.45. The Balaban J connectivity index is 1.75. The molecule has 1 aliphatic heterocycles. The lowest BCUT2D eigenvalue weighted by atomic mass is 9.93.